The van der Waals surface area contributed by atoms with E-state index in [9.17, 15) is 4.79 Å². The third-order valence-corrected chi connectivity index (χ3v) is 4.12. The van der Waals surface area contributed by atoms with Gasteiger partial charge in [0.2, 0.25) is 0 Å². The second-order valence-corrected chi connectivity index (χ2v) is 5.96. The maximum Gasteiger partial charge on any atom is 0.258 e. The molecule has 0 aromatic heterocycles. The molecule has 0 aliphatic heterocycles. The number of nitrogens with one attached hydrogen (secondary N) is 1. The smallest absolute Gasteiger partial charge is 0.258 e. The summed E-state index contributed by atoms with van der Waals surface area (Å²) in [5, 5.41) is 2.94. The molecule has 116 valence electrons. The van der Waals surface area contributed by atoms with E-state index < -0.39 is 0 Å². The summed E-state index contributed by atoms with van der Waals surface area (Å²) < 4.78 is 6.35. The summed E-state index contributed by atoms with van der Waals surface area (Å²) in [6.07, 6.45) is 1.01. The summed E-state index contributed by atoms with van der Waals surface area (Å²) in [5.74, 6) is 0.528. The fourth-order valence-electron chi connectivity index (χ4n) is 2.11. The van der Waals surface area contributed by atoms with E-state index in [4.69, 9.17) is 4.74 Å². The summed E-state index contributed by atoms with van der Waals surface area (Å²) in [4.78, 5) is 12.0. The van der Waals surface area contributed by atoms with E-state index in [1.165, 1.54) is 5.56 Å². The Morgan fingerprint density at radius 2 is 1.86 bits per heavy atom. The number of rotatable bonds is 6. The molecule has 1 atom stereocenters. The highest BCUT2D eigenvalue weighted by Crippen LogP contribution is 2.23. The van der Waals surface area contributed by atoms with Gasteiger partial charge in [-0.2, -0.15) is 0 Å². The predicted octanol–water partition coefficient (Wildman–Crippen LogP) is 4.27. The SMILES string of the molecule is CCc1ccc(C(C)NC(=O)COc2ccccc2Br)cc1. The van der Waals surface area contributed by atoms with Crippen LogP contribution in [-0.2, 0) is 11.2 Å². The van der Waals surface area contributed by atoms with Gasteiger partial charge < -0.3 is 10.1 Å². The molecule has 0 radical (unpaired) electrons. The molecule has 0 heterocycles. The van der Waals surface area contributed by atoms with E-state index >= 15 is 0 Å². The van der Waals surface area contributed by atoms with Crippen LogP contribution in [0.3, 0.4) is 0 Å². The molecule has 0 fully saturated rings. The number of hydrogen-bond acceptors (Lipinski definition) is 2. The van der Waals surface area contributed by atoms with E-state index in [0.717, 1.165) is 16.5 Å². The molecule has 0 saturated carbocycles. The minimum Gasteiger partial charge on any atom is -0.483 e. The van der Waals surface area contributed by atoms with Crippen molar-refractivity contribution in [1.82, 2.24) is 5.32 Å². The third-order valence-electron chi connectivity index (χ3n) is 3.46. The fraction of sp³-hybridized carbons (Fsp3) is 0.278. The van der Waals surface area contributed by atoms with Crippen molar-refractivity contribution in [3.8, 4) is 5.75 Å². The first kappa shape index (κ1) is 16.6. The number of halogens is 1. The number of ether oxygens (including phenoxy) is 1. The molecule has 0 aliphatic rings. The number of hydrogen-bond donors (Lipinski definition) is 1. The molecule has 22 heavy (non-hydrogen) atoms. The first-order valence-corrected chi connectivity index (χ1v) is 8.15. The van der Waals surface area contributed by atoms with Crippen LogP contribution in [0.1, 0.15) is 31.0 Å². The zero-order valence-corrected chi connectivity index (χ0v) is 14.4. The highest BCUT2D eigenvalue weighted by Gasteiger charge is 2.10. The molecule has 0 bridgehead atoms. The molecule has 0 spiro atoms. The number of benzene rings is 2. The maximum absolute atomic E-state index is 12.0. The van der Waals surface area contributed by atoms with Crippen LogP contribution in [0.4, 0.5) is 0 Å². The third kappa shape index (κ3) is 4.60. The van der Waals surface area contributed by atoms with Crippen LogP contribution in [-0.4, -0.2) is 12.5 Å². The Hall–Kier alpha value is -1.81. The van der Waals surface area contributed by atoms with Crippen LogP contribution in [0.2, 0.25) is 0 Å². The van der Waals surface area contributed by atoms with E-state index in [1.54, 1.807) is 0 Å². The van der Waals surface area contributed by atoms with Gasteiger partial charge in [-0.1, -0.05) is 43.3 Å². The summed E-state index contributed by atoms with van der Waals surface area (Å²) in [6.45, 7) is 4.09. The molecule has 0 saturated heterocycles. The summed E-state index contributed by atoms with van der Waals surface area (Å²) in [6, 6.07) is 15.7. The van der Waals surface area contributed by atoms with Crippen molar-refractivity contribution in [2.75, 3.05) is 6.61 Å². The van der Waals surface area contributed by atoms with E-state index in [1.807, 2.05) is 31.2 Å². The maximum atomic E-state index is 12.0. The number of para-hydroxylation sites is 1. The van der Waals surface area contributed by atoms with Crippen molar-refractivity contribution in [3.05, 3.63) is 64.1 Å². The lowest BCUT2D eigenvalue weighted by atomic mass is 10.1. The van der Waals surface area contributed by atoms with Gasteiger partial charge in [-0.05, 0) is 52.5 Å². The molecule has 0 aliphatic carbocycles. The van der Waals surface area contributed by atoms with Crippen LogP contribution in [0.25, 0.3) is 0 Å². The van der Waals surface area contributed by atoms with Gasteiger partial charge in [0.05, 0.1) is 10.5 Å². The van der Waals surface area contributed by atoms with Gasteiger partial charge in [-0.3, -0.25) is 4.79 Å². The molecule has 1 N–H and O–H groups in total. The van der Waals surface area contributed by atoms with Crippen LogP contribution >= 0.6 is 15.9 Å². The highest BCUT2D eigenvalue weighted by atomic mass is 79.9. The minimum absolute atomic E-state index is 0.00000307. The van der Waals surface area contributed by atoms with Gasteiger partial charge in [0.25, 0.3) is 5.91 Å². The number of aryl methyl sites for hydroxylation is 1. The first-order valence-electron chi connectivity index (χ1n) is 7.35. The molecule has 2 aromatic rings. The second-order valence-electron chi connectivity index (χ2n) is 5.10. The van der Waals surface area contributed by atoms with Gasteiger partial charge in [-0.15, -0.1) is 0 Å². The lowest BCUT2D eigenvalue weighted by Gasteiger charge is -2.15. The molecular weight excluding hydrogens is 342 g/mol. The Morgan fingerprint density at radius 3 is 2.50 bits per heavy atom. The van der Waals surface area contributed by atoms with Crippen molar-refractivity contribution in [3.63, 3.8) is 0 Å². The van der Waals surface area contributed by atoms with Gasteiger partial charge >= 0.3 is 0 Å². The Morgan fingerprint density at radius 1 is 1.18 bits per heavy atom. The Kier molecular flexibility index (Phi) is 6.01. The molecule has 4 heteroatoms. The zero-order chi connectivity index (χ0) is 15.9. The van der Waals surface area contributed by atoms with Crippen molar-refractivity contribution >= 4 is 21.8 Å². The molecule has 1 amide bonds. The van der Waals surface area contributed by atoms with Crippen LogP contribution in [0.15, 0.2) is 53.0 Å². The van der Waals surface area contributed by atoms with Crippen molar-refractivity contribution in [1.29, 1.82) is 0 Å². The van der Waals surface area contributed by atoms with Crippen molar-refractivity contribution in [2.24, 2.45) is 0 Å². The Balaban J connectivity index is 1.87. The van der Waals surface area contributed by atoms with Crippen molar-refractivity contribution in [2.45, 2.75) is 26.3 Å². The number of carbonyl (C=O) groups excluding carboxylic acids is 1. The monoisotopic (exact) mass is 361 g/mol. The number of carbonyl (C=O) groups is 1. The number of amides is 1. The first-order chi connectivity index (χ1) is 10.6. The topological polar surface area (TPSA) is 38.3 Å². The molecule has 2 aromatic carbocycles. The molecule has 1 unspecified atom stereocenters. The summed E-state index contributed by atoms with van der Waals surface area (Å²) >= 11 is 3.39. The van der Waals surface area contributed by atoms with Gasteiger partial charge in [-0.25, -0.2) is 0 Å². The molecule has 3 nitrogen and oxygen atoms in total. The average molecular weight is 362 g/mol. The van der Waals surface area contributed by atoms with Crippen LogP contribution in [0, 0.1) is 0 Å². The molecular formula is C18H20BrNO2. The minimum atomic E-state index is -0.136. The average Bonchev–Trinajstić information content (AvgIpc) is 2.54. The Labute approximate surface area is 139 Å². The van der Waals surface area contributed by atoms with Crippen LogP contribution in [0.5, 0.6) is 5.75 Å². The summed E-state index contributed by atoms with van der Waals surface area (Å²) in [5.41, 5.74) is 2.38. The normalized spacial score (nSPS) is 11.8. The van der Waals surface area contributed by atoms with E-state index in [0.29, 0.717) is 5.75 Å². The standard InChI is InChI=1S/C18H20BrNO2/c1-3-14-8-10-15(11-9-14)13(2)20-18(21)12-22-17-7-5-4-6-16(17)19/h4-11,13H,3,12H2,1-2H3,(H,20,21). The van der Waals surface area contributed by atoms with E-state index in [-0.39, 0.29) is 18.6 Å². The van der Waals surface area contributed by atoms with E-state index in [2.05, 4.69) is 52.4 Å². The molecule has 2 rings (SSSR count). The second kappa shape index (κ2) is 7.99. The van der Waals surface area contributed by atoms with Crippen molar-refractivity contribution < 1.29 is 9.53 Å². The van der Waals surface area contributed by atoms with Gasteiger partial charge in [0.15, 0.2) is 6.61 Å². The van der Waals surface area contributed by atoms with Gasteiger partial charge in [0, 0.05) is 0 Å². The Bertz CT molecular complexity index is 625. The predicted molar refractivity (Wildman–Crippen MR) is 92.0 cm³/mol. The van der Waals surface area contributed by atoms with Gasteiger partial charge in [0.1, 0.15) is 5.75 Å². The quantitative estimate of drug-likeness (QED) is 0.834. The fourth-order valence-corrected chi connectivity index (χ4v) is 2.51. The lowest BCUT2D eigenvalue weighted by Crippen LogP contribution is -2.31. The highest BCUT2D eigenvalue weighted by molar-refractivity contribution is 9.10. The zero-order valence-electron chi connectivity index (χ0n) is 12.8. The summed E-state index contributed by atoms with van der Waals surface area (Å²) in [7, 11) is 0. The largest absolute Gasteiger partial charge is 0.483 e. The van der Waals surface area contributed by atoms with Crippen LogP contribution < -0.4 is 10.1 Å². The lowest BCUT2D eigenvalue weighted by molar-refractivity contribution is -0.123.